The molecule has 1 aliphatic carbocycles. The third kappa shape index (κ3) is 5.37. The van der Waals surface area contributed by atoms with E-state index in [0.717, 1.165) is 64.7 Å². The fourth-order valence-corrected chi connectivity index (χ4v) is 5.92. The molecule has 2 saturated heterocycles. The number of piperazine rings is 1. The highest BCUT2D eigenvalue weighted by Crippen LogP contribution is 2.33. The van der Waals surface area contributed by atoms with Gasteiger partial charge in [-0.05, 0) is 50.9 Å². The molecule has 9 heteroatoms. The minimum absolute atomic E-state index is 0.0259. The molecular weight excluding hydrogens is 460 g/mol. The van der Waals surface area contributed by atoms with Crippen molar-refractivity contribution in [3.63, 3.8) is 0 Å². The lowest BCUT2D eigenvalue weighted by molar-refractivity contribution is -0.144. The molecule has 3 atom stereocenters. The average molecular weight is 499 g/mol. The summed E-state index contributed by atoms with van der Waals surface area (Å²) in [5.41, 5.74) is 1.07. The van der Waals surface area contributed by atoms with Gasteiger partial charge in [-0.2, -0.15) is 0 Å². The van der Waals surface area contributed by atoms with Crippen LogP contribution in [0.15, 0.2) is 18.2 Å². The molecule has 0 spiro atoms. The van der Waals surface area contributed by atoms with Gasteiger partial charge in [-0.15, -0.1) is 0 Å². The zero-order valence-electron chi connectivity index (χ0n) is 21.4. The van der Waals surface area contributed by atoms with E-state index in [2.05, 4.69) is 17.3 Å². The Bertz CT molecular complexity index is 986. The third-order valence-corrected chi connectivity index (χ3v) is 8.26. The Labute approximate surface area is 213 Å². The molecule has 4 aliphatic rings. The van der Waals surface area contributed by atoms with Crippen molar-refractivity contribution in [3.05, 3.63) is 23.8 Å². The summed E-state index contributed by atoms with van der Waals surface area (Å²) in [6.07, 6.45) is 5.41. The van der Waals surface area contributed by atoms with Gasteiger partial charge < -0.3 is 29.5 Å². The van der Waals surface area contributed by atoms with Crippen LogP contribution in [0.4, 0.5) is 5.69 Å². The number of benzene rings is 1. The Balaban J connectivity index is 1.23. The van der Waals surface area contributed by atoms with Crippen LogP contribution in [-0.2, 0) is 14.3 Å². The highest BCUT2D eigenvalue weighted by molar-refractivity contribution is 6.00. The standard InChI is InChI=1S/C27H38N4O5/c1-29-11-13-31(14-12-29)25(32)16-20-8-9-22-24(36-20)17-35-23-10-7-19(15-21(23)27(34)30(22)2)28-26(33)18-5-3-4-6-18/h7,10,15,18,20,22,24H,3-6,8-9,11-14,16-17H2,1-2H3,(H,28,33)/t20-,22-,24+/m0/s1. The fraction of sp³-hybridized carbons (Fsp3) is 0.667. The summed E-state index contributed by atoms with van der Waals surface area (Å²) in [4.78, 5) is 44.8. The predicted molar refractivity (Wildman–Crippen MR) is 135 cm³/mol. The van der Waals surface area contributed by atoms with Gasteiger partial charge in [0.1, 0.15) is 18.5 Å². The molecule has 5 rings (SSSR count). The van der Waals surface area contributed by atoms with Crippen LogP contribution >= 0.6 is 0 Å². The van der Waals surface area contributed by atoms with Crippen LogP contribution in [0.5, 0.6) is 5.75 Å². The van der Waals surface area contributed by atoms with Crippen LogP contribution in [0.25, 0.3) is 0 Å². The number of rotatable bonds is 4. The predicted octanol–water partition coefficient (Wildman–Crippen LogP) is 2.36. The zero-order chi connectivity index (χ0) is 25.2. The van der Waals surface area contributed by atoms with Gasteiger partial charge in [0.2, 0.25) is 11.8 Å². The molecule has 196 valence electrons. The number of carbonyl (C=O) groups excluding carboxylic acids is 3. The van der Waals surface area contributed by atoms with Crippen LogP contribution < -0.4 is 10.1 Å². The van der Waals surface area contributed by atoms with E-state index in [-0.39, 0.29) is 41.9 Å². The summed E-state index contributed by atoms with van der Waals surface area (Å²) in [6, 6.07) is 5.14. The molecule has 3 fully saturated rings. The van der Waals surface area contributed by atoms with E-state index in [1.165, 1.54) is 0 Å². The van der Waals surface area contributed by atoms with Crippen LogP contribution in [0.1, 0.15) is 55.3 Å². The molecule has 36 heavy (non-hydrogen) atoms. The van der Waals surface area contributed by atoms with Gasteiger partial charge in [-0.1, -0.05) is 12.8 Å². The van der Waals surface area contributed by atoms with E-state index in [0.29, 0.717) is 30.0 Å². The smallest absolute Gasteiger partial charge is 0.257 e. The molecule has 1 saturated carbocycles. The molecule has 3 heterocycles. The Hall–Kier alpha value is -2.65. The fourth-order valence-electron chi connectivity index (χ4n) is 5.92. The highest BCUT2D eigenvalue weighted by Gasteiger charge is 2.39. The minimum atomic E-state index is -0.298. The zero-order valence-corrected chi connectivity index (χ0v) is 21.4. The SMILES string of the molecule is CN1CCN(C(=O)C[C@@H]2CC[C@H]3[C@@H](COc4ccc(NC(=O)C5CCCC5)cc4C(=O)N3C)O2)CC1. The molecular formula is C27H38N4O5. The van der Waals surface area contributed by atoms with Crippen molar-refractivity contribution in [3.8, 4) is 5.75 Å². The van der Waals surface area contributed by atoms with E-state index in [9.17, 15) is 14.4 Å². The van der Waals surface area contributed by atoms with Gasteiger partial charge in [0.15, 0.2) is 0 Å². The van der Waals surface area contributed by atoms with Crippen molar-refractivity contribution in [2.75, 3.05) is 52.2 Å². The molecule has 9 nitrogen and oxygen atoms in total. The molecule has 1 N–H and O–H groups in total. The molecule has 3 aliphatic heterocycles. The van der Waals surface area contributed by atoms with E-state index < -0.39 is 0 Å². The molecule has 3 amide bonds. The molecule has 0 unspecified atom stereocenters. The number of carbonyl (C=O) groups is 3. The van der Waals surface area contributed by atoms with Crippen molar-refractivity contribution in [2.24, 2.45) is 5.92 Å². The lowest BCUT2D eigenvalue weighted by Crippen LogP contribution is -2.54. The van der Waals surface area contributed by atoms with Gasteiger partial charge in [-0.3, -0.25) is 14.4 Å². The number of hydrogen-bond donors (Lipinski definition) is 1. The minimum Gasteiger partial charge on any atom is -0.490 e. The lowest BCUT2D eigenvalue weighted by atomic mass is 9.94. The second kappa shape index (κ2) is 10.8. The van der Waals surface area contributed by atoms with E-state index in [4.69, 9.17) is 9.47 Å². The number of anilines is 1. The van der Waals surface area contributed by atoms with Crippen molar-refractivity contribution < 1.29 is 23.9 Å². The number of hydrogen-bond acceptors (Lipinski definition) is 6. The van der Waals surface area contributed by atoms with Crippen LogP contribution in [0.3, 0.4) is 0 Å². The highest BCUT2D eigenvalue weighted by atomic mass is 16.5. The van der Waals surface area contributed by atoms with E-state index in [1.54, 1.807) is 30.1 Å². The first-order valence-electron chi connectivity index (χ1n) is 13.4. The number of fused-ring (bicyclic) bond motifs is 2. The lowest BCUT2D eigenvalue weighted by Gasteiger charge is -2.42. The Kier molecular flexibility index (Phi) is 7.48. The first kappa shape index (κ1) is 25.0. The first-order valence-corrected chi connectivity index (χ1v) is 13.4. The second-order valence-electron chi connectivity index (χ2n) is 10.7. The van der Waals surface area contributed by atoms with Gasteiger partial charge in [0, 0.05) is 44.8 Å². The quantitative estimate of drug-likeness (QED) is 0.685. The summed E-state index contributed by atoms with van der Waals surface area (Å²) in [7, 11) is 3.88. The number of likely N-dealkylation sites (N-methyl/N-ethyl adjacent to an activating group) is 2. The van der Waals surface area contributed by atoms with Crippen LogP contribution in [0, 0.1) is 5.92 Å². The number of ether oxygens (including phenoxy) is 2. The van der Waals surface area contributed by atoms with Crippen molar-refractivity contribution >= 4 is 23.4 Å². The molecule has 1 aromatic carbocycles. The maximum Gasteiger partial charge on any atom is 0.257 e. The maximum absolute atomic E-state index is 13.4. The molecule has 1 aromatic rings. The molecule has 0 radical (unpaired) electrons. The summed E-state index contributed by atoms with van der Waals surface area (Å²) >= 11 is 0. The third-order valence-electron chi connectivity index (χ3n) is 8.26. The Morgan fingerprint density at radius 1 is 1.03 bits per heavy atom. The average Bonchev–Trinajstić information content (AvgIpc) is 3.42. The van der Waals surface area contributed by atoms with E-state index in [1.807, 2.05) is 4.90 Å². The largest absolute Gasteiger partial charge is 0.490 e. The van der Waals surface area contributed by atoms with Crippen molar-refractivity contribution in [2.45, 2.75) is 63.2 Å². The first-order chi connectivity index (χ1) is 17.4. The molecule has 0 aromatic heterocycles. The summed E-state index contributed by atoms with van der Waals surface area (Å²) in [6.45, 7) is 3.62. The molecule has 0 bridgehead atoms. The second-order valence-corrected chi connectivity index (χ2v) is 10.7. The summed E-state index contributed by atoms with van der Waals surface area (Å²) in [5.74, 6) is 0.562. The topological polar surface area (TPSA) is 91.4 Å². The van der Waals surface area contributed by atoms with Crippen LogP contribution in [-0.4, -0.2) is 97.6 Å². The Morgan fingerprint density at radius 2 is 1.78 bits per heavy atom. The van der Waals surface area contributed by atoms with E-state index >= 15 is 0 Å². The number of amides is 3. The summed E-state index contributed by atoms with van der Waals surface area (Å²) < 4.78 is 12.4. The maximum atomic E-state index is 13.4. The normalized spacial score (nSPS) is 27.5. The number of nitrogens with zero attached hydrogens (tertiary/aromatic N) is 3. The Morgan fingerprint density at radius 3 is 2.53 bits per heavy atom. The van der Waals surface area contributed by atoms with Crippen molar-refractivity contribution in [1.82, 2.24) is 14.7 Å². The monoisotopic (exact) mass is 498 g/mol. The van der Waals surface area contributed by atoms with Crippen LogP contribution in [0.2, 0.25) is 0 Å². The summed E-state index contributed by atoms with van der Waals surface area (Å²) in [5, 5.41) is 2.99. The number of nitrogens with one attached hydrogen (secondary N) is 1. The van der Waals surface area contributed by atoms with Gasteiger partial charge >= 0.3 is 0 Å². The van der Waals surface area contributed by atoms with Gasteiger partial charge in [0.25, 0.3) is 5.91 Å². The van der Waals surface area contributed by atoms with Gasteiger partial charge in [-0.25, -0.2) is 0 Å². The van der Waals surface area contributed by atoms with Gasteiger partial charge in [0.05, 0.1) is 24.1 Å². The van der Waals surface area contributed by atoms with Crippen molar-refractivity contribution in [1.29, 1.82) is 0 Å².